The van der Waals surface area contributed by atoms with Crippen LogP contribution in [0.4, 0.5) is 0 Å². The van der Waals surface area contributed by atoms with Gasteiger partial charge in [-0.3, -0.25) is 14.4 Å². The first-order valence-corrected chi connectivity index (χ1v) is 50.5. The average molecular weight is 1820 g/mol. The van der Waals surface area contributed by atoms with Crippen LogP contribution in [0.2, 0.25) is 0 Å². The summed E-state index contributed by atoms with van der Waals surface area (Å²) in [6.45, 7) is 64.6. The zero-order valence-corrected chi connectivity index (χ0v) is 86.0. The fourth-order valence-corrected chi connectivity index (χ4v) is 16.4. The molecule has 0 saturated heterocycles. The van der Waals surface area contributed by atoms with Crippen LogP contribution < -0.4 is 0 Å². The van der Waals surface area contributed by atoms with E-state index >= 15 is 0 Å². The molecular weight excluding hydrogens is 1670 g/mol. The van der Waals surface area contributed by atoms with Gasteiger partial charge in [-0.05, 0) is 183 Å². The number of carbonyl (C=O) groups is 3. The van der Waals surface area contributed by atoms with Crippen LogP contribution in [0.3, 0.4) is 0 Å². The van der Waals surface area contributed by atoms with Gasteiger partial charge in [0.1, 0.15) is 0 Å². The lowest BCUT2D eigenvalue weighted by Gasteiger charge is -2.17. The molecule has 12 nitrogen and oxygen atoms in total. The van der Waals surface area contributed by atoms with Crippen LogP contribution >= 0.6 is 105 Å². The molecule has 0 aliphatic heterocycles. The highest BCUT2D eigenvalue weighted by Crippen LogP contribution is 2.31. The lowest BCUT2D eigenvalue weighted by atomic mass is 9.91. The van der Waals surface area contributed by atoms with Crippen molar-refractivity contribution in [2.24, 2.45) is 22.2 Å². The van der Waals surface area contributed by atoms with Crippen molar-refractivity contribution < 1.29 is 28.6 Å². The van der Waals surface area contributed by atoms with Crippen LogP contribution in [0.25, 0.3) is 24.3 Å². The van der Waals surface area contributed by atoms with Crippen LogP contribution in [0.5, 0.6) is 0 Å². The minimum atomic E-state index is -0.311. The van der Waals surface area contributed by atoms with Crippen LogP contribution in [0.15, 0.2) is 228 Å². The number of methoxy groups -OCH3 is 3. The second-order valence-electron chi connectivity index (χ2n) is 28.6. The van der Waals surface area contributed by atoms with Gasteiger partial charge in [-0.2, -0.15) is 0 Å². The third-order valence-electron chi connectivity index (χ3n) is 17.8. The number of hydrogen-bond donors (Lipinski definition) is 0. The molecule has 0 N–H and O–H groups in total. The average Bonchev–Trinajstić information content (AvgIpc) is 1.12. The number of benzene rings is 6. The fourth-order valence-electron chi connectivity index (χ4n) is 7.99. The third-order valence-corrected chi connectivity index (χ3v) is 26.7. The van der Waals surface area contributed by atoms with Gasteiger partial charge >= 0.3 is 17.9 Å². The number of hydrogen-bond acceptors (Lipinski definition) is 21. The predicted octanol–water partition coefficient (Wildman–Crippen LogP) is 32.4. The Balaban J connectivity index is -0.000000615. The zero-order chi connectivity index (χ0) is 92.3. The summed E-state index contributed by atoms with van der Waals surface area (Å²) < 4.78 is 20.2. The van der Waals surface area contributed by atoms with Gasteiger partial charge < -0.3 is 14.2 Å². The molecule has 9 aromatic rings. The molecule has 0 aliphatic carbocycles. The Kier molecular flexibility index (Phi) is 78.1. The summed E-state index contributed by atoms with van der Waals surface area (Å²) in [4.78, 5) is 32.5. The van der Waals surface area contributed by atoms with Crippen LogP contribution in [0, 0.1) is 22.2 Å². The minimum Gasteiger partial charge on any atom is -0.469 e. The molecule has 0 amide bonds. The number of rotatable bonds is 29. The molecular formula is C100H152N6O6S9. The number of carbonyl (C=O) groups excluding carboxylic acids is 3. The highest BCUT2D eigenvalue weighted by molar-refractivity contribution is 8.04. The zero-order valence-electron chi connectivity index (χ0n) is 78.7. The number of aromatic nitrogens is 6. The molecule has 672 valence electrons. The van der Waals surface area contributed by atoms with Gasteiger partial charge in [0.15, 0.2) is 26.0 Å². The highest BCUT2D eigenvalue weighted by atomic mass is 32.2. The molecule has 3 aromatic heterocycles. The van der Waals surface area contributed by atoms with Gasteiger partial charge in [-0.15, -0.1) is 30.6 Å². The Bertz CT molecular complexity index is 3540. The first kappa shape index (κ1) is 121. The van der Waals surface area contributed by atoms with Crippen LogP contribution in [-0.4, -0.2) is 104 Å². The molecule has 121 heavy (non-hydrogen) atoms. The lowest BCUT2D eigenvalue weighted by molar-refractivity contribution is -0.151. The molecule has 0 radical (unpaired) electrons. The lowest BCUT2D eigenvalue weighted by Crippen LogP contribution is -2.24. The van der Waals surface area contributed by atoms with Gasteiger partial charge in [0.05, 0.1) is 37.6 Å². The summed E-state index contributed by atoms with van der Waals surface area (Å²) in [7, 11) is 4.25. The Morgan fingerprint density at radius 3 is 0.628 bits per heavy atom. The van der Waals surface area contributed by atoms with E-state index in [2.05, 4.69) is 266 Å². The van der Waals surface area contributed by atoms with E-state index in [1.54, 1.807) is 105 Å². The molecule has 6 aromatic carbocycles. The Morgan fingerprint density at radius 1 is 0.314 bits per heavy atom. The smallest absolute Gasteiger partial charge is 0.311 e. The van der Waals surface area contributed by atoms with Crippen molar-refractivity contribution in [2.75, 3.05) is 55.8 Å². The molecule has 3 atom stereocenters. The molecule has 0 saturated carbocycles. The van der Waals surface area contributed by atoms with E-state index < -0.39 is 0 Å². The van der Waals surface area contributed by atoms with Crippen molar-refractivity contribution in [1.82, 2.24) is 30.6 Å². The van der Waals surface area contributed by atoms with E-state index in [1.807, 2.05) is 172 Å². The maximum absolute atomic E-state index is 10.8. The topological polar surface area (TPSA) is 156 Å². The fraction of sp³-hybridized carbons (Fsp3) is 0.470. The largest absolute Gasteiger partial charge is 0.469 e. The number of thioether (sulfide) groups is 6. The van der Waals surface area contributed by atoms with Gasteiger partial charge in [0, 0.05) is 0 Å². The highest BCUT2D eigenvalue weighted by Gasteiger charge is 2.27. The summed E-state index contributed by atoms with van der Waals surface area (Å²) in [6, 6.07) is 60.0. The van der Waals surface area contributed by atoms with E-state index in [-0.39, 0.29) is 34.2 Å². The van der Waals surface area contributed by atoms with Crippen molar-refractivity contribution in [3.05, 3.63) is 241 Å². The standard InChI is InChI=1S/3C10H14.C10H10.2C8H8.3C7H14O2.3C6H10N2S3.C5H12/c3*1-3-9(2)10-7-5-4-6-8-10;1-3-9-6-5-7-10(4-2)8-9;2*1-2-8-6-4-3-5-7-8;3*1-5-7(2,3)6(8)9-4;3*1-3-9-5-7-8-6(11-5)10-4-2;1-4-5(2)3/h3*4-9H,3H2,1-2H3;3-8H,1-2H2;2*2-7H,1H2;3*5H2,1-4H3;3*3-4H2,1-2H3;5H,4H2,1-3H3. The maximum atomic E-state index is 10.8. The first-order valence-electron chi connectivity index (χ1n) is 42.1. The Hall–Kier alpha value is -6.53. The molecule has 21 heteroatoms. The van der Waals surface area contributed by atoms with Gasteiger partial charge in [0.25, 0.3) is 0 Å². The maximum Gasteiger partial charge on any atom is 0.311 e. The summed E-state index contributed by atoms with van der Waals surface area (Å²) in [6.07, 6.45) is 14.8. The van der Waals surface area contributed by atoms with Gasteiger partial charge in [-0.1, -0.05) is 456 Å². The minimum absolute atomic E-state index is 0.134. The predicted molar refractivity (Wildman–Crippen MR) is 547 cm³/mol. The SMILES string of the molecule is C=Cc1cccc(C=C)c1.C=Cc1ccccc1.C=Cc1ccccc1.CCC(C)(C)C(=O)OC.CCC(C)(C)C(=O)OC.CCC(C)(C)C(=O)OC.CCC(C)C.CCC(C)c1ccccc1.CCC(C)c1ccccc1.CCC(C)c1ccccc1.CCSc1nnc(SCC)s1.CCSc1nnc(SCC)s1.CCSc1nnc(SCC)s1. The Morgan fingerprint density at radius 2 is 0.496 bits per heavy atom. The first-order chi connectivity index (χ1) is 57.7. The molecule has 0 fully saturated rings. The van der Waals surface area contributed by atoms with Crippen LogP contribution in [0.1, 0.15) is 268 Å². The van der Waals surface area contributed by atoms with E-state index in [1.165, 1.54) is 74.8 Å². The van der Waals surface area contributed by atoms with Crippen molar-refractivity contribution in [3.63, 3.8) is 0 Å². The number of nitrogens with zero attached hydrogens (tertiary/aromatic N) is 6. The normalized spacial score (nSPS) is 10.8. The molecule has 0 bridgehead atoms. The van der Waals surface area contributed by atoms with Crippen molar-refractivity contribution in [1.29, 1.82) is 0 Å². The Labute approximate surface area is 773 Å². The summed E-state index contributed by atoms with van der Waals surface area (Å²) in [5.41, 5.74) is 8.04. The van der Waals surface area contributed by atoms with Gasteiger partial charge in [0.2, 0.25) is 0 Å². The van der Waals surface area contributed by atoms with Gasteiger partial charge in [-0.25, -0.2) is 0 Å². The summed E-state index contributed by atoms with van der Waals surface area (Å²) in [5, 5.41) is 24.2. The third kappa shape index (κ3) is 63.1. The molecule has 3 heterocycles. The quantitative estimate of drug-likeness (QED) is 0.0248. The van der Waals surface area contributed by atoms with Crippen LogP contribution in [-0.2, 0) is 28.6 Å². The number of ether oxygens (including phenoxy) is 3. The molecule has 0 spiro atoms. The van der Waals surface area contributed by atoms with E-state index in [4.69, 9.17) is 0 Å². The van der Waals surface area contributed by atoms with Crippen molar-refractivity contribution >= 4 is 147 Å². The second-order valence-corrected chi connectivity index (χ2v) is 40.6. The molecule has 9 rings (SSSR count). The monoisotopic (exact) mass is 1820 g/mol. The van der Waals surface area contributed by atoms with E-state index in [0.29, 0.717) is 17.8 Å². The molecule has 3 unspecified atom stereocenters. The van der Waals surface area contributed by atoms with E-state index in [0.717, 1.165) is 96.9 Å². The second kappa shape index (κ2) is 78.2. The van der Waals surface area contributed by atoms with Crippen molar-refractivity contribution in [3.8, 4) is 0 Å². The van der Waals surface area contributed by atoms with Crippen molar-refractivity contribution in [2.45, 2.75) is 255 Å². The summed E-state index contributed by atoms with van der Waals surface area (Å²) >= 11 is 15.6. The van der Waals surface area contributed by atoms with E-state index in [9.17, 15) is 14.4 Å². The number of esters is 3. The summed E-state index contributed by atoms with van der Waals surface area (Å²) in [5.74, 6) is 9.06. The molecule has 0 aliphatic rings.